The van der Waals surface area contributed by atoms with Gasteiger partial charge in [-0.1, -0.05) is 0 Å². The lowest BCUT2D eigenvalue weighted by Gasteiger charge is -2.17. The van der Waals surface area contributed by atoms with Crippen LogP contribution in [0.1, 0.15) is 35.7 Å². The highest BCUT2D eigenvalue weighted by atomic mass is 15.2. The van der Waals surface area contributed by atoms with E-state index in [4.69, 9.17) is 5.84 Å². The Morgan fingerprint density at radius 3 is 2.71 bits per heavy atom. The molecular weight excluding hydrogens is 174 g/mol. The van der Waals surface area contributed by atoms with Crippen molar-refractivity contribution in [3.63, 3.8) is 0 Å². The maximum Gasteiger partial charge on any atom is 0.0506 e. The highest BCUT2D eigenvalue weighted by Gasteiger charge is 2.32. The van der Waals surface area contributed by atoms with Crippen LogP contribution in [0.3, 0.4) is 0 Å². The van der Waals surface area contributed by atoms with E-state index in [-0.39, 0.29) is 0 Å². The number of pyridine rings is 1. The first kappa shape index (κ1) is 9.62. The Hall–Kier alpha value is -0.930. The third kappa shape index (κ3) is 1.79. The molecule has 1 aliphatic rings. The molecule has 2 rings (SSSR count). The molecule has 1 aromatic rings. The Morgan fingerprint density at radius 2 is 2.21 bits per heavy atom. The van der Waals surface area contributed by atoms with E-state index >= 15 is 0 Å². The zero-order valence-corrected chi connectivity index (χ0v) is 8.75. The van der Waals surface area contributed by atoms with Crippen molar-refractivity contribution in [3.05, 3.63) is 29.1 Å². The Labute approximate surface area is 84.7 Å². The lowest BCUT2D eigenvalue weighted by molar-refractivity contribution is 0.493. The Bertz CT molecular complexity index is 331. The number of aryl methyl sites for hydroxylation is 2. The minimum absolute atomic E-state index is 0.295. The zero-order valence-electron chi connectivity index (χ0n) is 8.75. The molecule has 14 heavy (non-hydrogen) atoms. The summed E-state index contributed by atoms with van der Waals surface area (Å²) in [4.78, 5) is 4.32. The topological polar surface area (TPSA) is 50.9 Å². The van der Waals surface area contributed by atoms with E-state index in [1.807, 2.05) is 13.1 Å². The fourth-order valence-corrected chi connectivity index (χ4v) is 1.94. The van der Waals surface area contributed by atoms with Gasteiger partial charge >= 0.3 is 0 Å². The summed E-state index contributed by atoms with van der Waals surface area (Å²) < 4.78 is 0. The van der Waals surface area contributed by atoms with Gasteiger partial charge in [-0.3, -0.25) is 16.3 Å². The summed E-state index contributed by atoms with van der Waals surface area (Å²) in [5.74, 6) is 6.29. The molecule has 0 amide bonds. The average molecular weight is 191 g/mol. The van der Waals surface area contributed by atoms with Gasteiger partial charge in [0.25, 0.3) is 0 Å². The van der Waals surface area contributed by atoms with Gasteiger partial charge in [-0.2, -0.15) is 0 Å². The maximum absolute atomic E-state index is 5.57. The van der Waals surface area contributed by atoms with Crippen LogP contribution in [0.15, 0.2) is 12.3 Å². The molecule has 0 spiro atoms. The third-order valence-electron chi connectivity index (χ3n) is 2.90. The number of nitrogens with zero attached hydrogens (tertiary/aromatic N) is 1. The Balaban J connectivity index is 2.29. The molecule has 3 heteroatoms. The molecule has 1 heterocycles. The molecule has 1 fully saturated rings. The van der Waals surface area contributed by atoms with Crippen LogP contribution in [0.25, 0.3) is 0 Å². The summed E-state index contributed by atoms with van der Waals surface area (Å²) >= 11 is 0. The highest BCUT2D eigenvalue weighted by molar-refractivity contribution is 5.29. The van der Waals surface area contributed by atoms with Crippen LogP contribution in [0.2, 0.25) is 0 Å². The van der Waals surface area contributed by atoms with E-state index in [2.05, 4.69) is 23.4 Å². The van der Waals surface area contributed by atoms with Gasteiger partial charge in [0, 0.05) is 11.9 Å². The van der Waals surface area contributed by atoms with E-state index in [1.54, 1.807) is 0 Å². The van der Waals surface area contributed by atoms with Gasteiger partial charge in [-0.15, -0.1) is 0 Å². The summed E-state index contributed by atoms with van der Waals surface area (Å²) in [5.41, 5.74) is 6.50. The van der Waals surface area contributed by atoms with Crippen LogP contribution < -0.4 is 11.3 Å². The molecule has 0 saturated heterocycles. The second kappa shape index (κ2) is 3.67. The monoisotopic (exact) mass is 191 g/mol. The second-order valence-electron chi connectivity index (χ2n) is 4.16. The predicted molar refractivity (Wildman–Crippen MR) is 56.5 cm³/mol. The van der Waals surface area contributed by atoms with E-state index in [9.17, 15) is 0 Å². The van der Waals surface area contributed by atoms with Crippen molar-refractivity contribution in [2.45, 2.75) is 32.7 Å². The molecule has 0 aliphatic heterocycles. The van der Waals surface area contributed by atoms with Crippen LogP contribution in [0.4, 0.5) is 0 Å². The quantitative estimate of drug-likeness (QED) is 0.563. The fourth-order valence-electron chi connectivity index (χ4n) is 1.94. The summed E-state index contributed by atoms with van der Waals surface area (Å²) in [5, 5.41) is 0. The normalized spacial score (nSPS) is 18.2. The number of hydrazine groups is 1. The van der Waals surface area contributed by atoms with Crippen LogP contribution >= 0.6 is 0 Å². The predicted octanol–water partition coefficient (Wildman–Crippen LogP) is 1.61. The van der Waals surface area contributed by atoms with Crippen molar-refractivity contribution in [2.75, 3.05) is 0 Å². The summed E-state index contributed by atoms with van der Waals surface area (Å²) in [6.45, 7) is 4.13. The average Bonchev–Trinajstić information content (AvgIpc) is 2.93. The number of hydrogen-bond acceptors (Lipinski definition) is 3. The van der Waals surface area contributed by atoms with E-state index in [0.29, 0.717) is 12.0 Å². The fraction of sp³-hybridized carbons (Fsp3) is 0.545. The minimum Gasteiger partial charge on any atom is -0.271 e. The van der Waals surface area contributed by atoms with Crippen molar-refractivity contribution in [1.82, 2.24) is 10.4 Å². The van der Waals surface area contributed by atoms with Gasteiger partial charge in [0.1, 0.15) is 0 Å². The molecule has 1 atom stereocenters. The second-order valence-corrected chi connectivity index (χ2v) is 4.16. The van der Waals surface area contributed by atoms with E-state index in [1.165, 1.54) is 24.0 Å². The minimum atomic E-state index is 0.295. The van der Waals surface area contributed by atoms with Gasteiger partial charge in [0.15, 0.2) is 0 Å². The molecular formula is C11H17N3. The van der Waals surface area contributed by atoms with Crippen molar-refractivity contribution in [3.8, 4) is 0 Å². The number of aromatic nitrogens is 1. The Morgan fingerprint density at radius 1 is 1.50 bits per heavy atom. The molecule has 0 aromatic carbocycles. The number of nitrogens with two attached hydrogens (primary N) is 1. The van der Waals surface area contributed by atoms with Gasteiger partial charge < -0.3 is 0 Å². The zero-order chi connectivity index (χ0) is 10.1. The van der Waals surface area contributed by atoms with Crippen LogP contribution in [-0.4, -0.2) is 4.98 Å². The first-order chi connectivity index (χ1) is 6.72. The van der Waals surface area contributed by atoms with Crippen molar-refractivity contribution in [1.29, 1.82) is 0 Å². The molecule has 1 saturated carbocycles. The Kier molecular flexibility index (Phi) is 2.52. The van der Waals surface area contributed by atoms with Gasteiger partial charge in [0.05, 0.1) is 6.04 Å². The number of hydrogen-bond donors (Lipinski definition) is 2. The largest absolute Gasteiger partial charge is 0.271 e. The molecule has 76 valence electrons. The molecule has 1 aromatic heterocycles. The smallest absolute Gasteiger partial charge is 0.0506 e. The summed E-state index contributed by atoms with van der Waals surface area (Å²) in [6.07, 6.45) is 4.51. The third-order valence-corrected chi connectivity index (χ3v) is 2.90. The van der Waals surface area contributed by atoms with Crippen molar-refractivity contribution < 1.29 is 0 Å². The maximum atomic E-state index is 5.57. The van der Waals surface area contributed by atoms with Crippen molar-refractivity contribution >= 4 is 0 Å². The van der Waals surface area contributed by atoms with Crippen LogP contribution in [0.5, 0.6) is 0 Å². The number of rotatable bonds is 3. The first-order valence-corrected chi connectivity index (χ1v) is 5.11. The summed E-state index contributed by atoms with van der Waals surface area (Å²) in [6, 6.07) is 2.41. The van der Waals surface area contributed by atoms with Crippen LogP contribution in [-0.2, 0) is 0 Å². The molecule has 0 bridgehead atoms. The van der Waals surface area contributed by atoms with Crippen LogP contribution in [0, 0.1) is 19.8 Å². The summed E-state index contributed by atoms with van der Waals surface area (Å²) in [7, 11) is 0. The van der Waals surface area contributed by atoms with E-state index < -0.39 is 0 Å². The lowest BCUT2D eigenvalue weighted by atomic mass is 10.00. The van der Waals surface area contributed by atoms with Gasteiger partial charge in [-0.05, 0) is 49.8 Å². The standard InChI is InChI=1S/C11H17N3/c1-7-5-8(2)13-6-10(7)11(14-12)9-3-4-9/h5-6,9,11,14H,3-4,12H2,1-2H3. The van der Waals surface area contributed by atoms with Gasteiger partial charge in [-0.25, -0.2) is 0 Å². The molecule has 3 N–H and O–H groups in total. The highest BCUT2D eigenvalue weighted by Crippen LogP contribution is 2.41. The molecule has 3 nitrogen and oxygen atoms in total. The van der Waals surface area contributed by atoms with Gasteiger partial charge in [0.2, 0.25) is 0 Å². The molecule has 0 radical (unpaired) electrons. The lowest BCUT2D eigenvalue weighted by Crippen LogP contribution is -2.30. The van der Waals surface area contributed by atoms with Crippen molar-refractivity contribution in [2.24, 2.45) is 11.8 Å². The molecule has 1 aliphatic carbocycles. The molecule has 1 unspecified atom stereocenters. The number of nitrogens with one attached hydrogen (secondary N) is 1. The SMILES string of the molecule is Cc1cc(C)c(C(NN)C2CC2)cn1. The van der Waals surface area contributed by atoms with E-state index in [0.717, 1.165) is 5.69 Å². The first-order valence-electron chi connectivity index (χ1n) is 5.11.